The molecule has 0 aliphatic heterocycles. The summed E-state index contributed by atoms with van der Waals surface area (Å²) in [5.41, 5.74) is -0.150. The van der Waals surface area contributed by atoms with Gasteiger partial charge in [-0.3, -0.25) is 14.4 Å². The van der Waals surface area contributed by atoms with E-state index in [0.29, 0.717) is 11.3 Å². The van der Waals surface area contributed by atoms with Gasteiger partial charge in [-0.25, -0.2) is 14.8 Å². The SMILES string of the molecule is CC(=O)NCC(=O)Nc1ccc(-c2ncc(C(=O)O)c(=O)[nH]2)cc1.c1c[nH]cn1. The quantitative estimate of drug-likeness (QED) is 0.419. The fourth-order valence-corrected chi connectivity index (χ4v) is 2.03. The number of nitrogens with one attached hydrogen (secondary N) is 4. The molecule has 2 aromatic heterocycles. The summed E-state index contributed by atoms with van der Waals surface area (Å²) in [5, 5.41) is 13.8. The highest BCUT2D eigenvalue weighted by Gasteiger charge is 2.11. The van der Waals surface area contributed by atoms with Crippen molar-refractivity contribution in [3.8, 4) is 11.4 Å². The van der Waals surface area contributed by atoms with Gasteiger partial charge in [0.05, 0.1) is 12.9 Å². The van der Waals surface area contributed by atoms with Crippen molar-refractivity contribution in [1.82, 2.24) is 25.3 Å². The number of nitrogens with zero attached hydrogens (tertiary/aromatic N) is 2. The van der Waals surface area contributed by atoms with Crippen LogP contribution in [0.1, 0.15) is 17.3 Å². The second-order valence-corrected chi connectivity index (χ2v) is 5.58. The average molecular weight is 398 g/mol. The third kappa shape index (κ3) is 6.75. The van der Waals surface area contributed by atoms with E-state index in [-0.39, 0.29) is 24.2 Å². The van der Waals surface area contributed by atoms with Gasteiger partial charge in [0.1, 0.15) is 11.4 Å². The largest absolute Gasteiger partial charge is 0.477 e. The van der Waals surface area contributed by atoms with Crippen LogP contribution >= 0.6 is 0 Å². The summed E-state index contributed by atoms with van der Waals surface area (Å²) in [6.45, 7) is 1.17. The van der Waals surface area contributed by atoms with E-state index in [1.165, 1.54) is 6.92 Å². The zero-order valence-corrected chi connectivity index (χ0v) is 15.3. The summed E-state index contributed by atoms with van der Waals surface area (Å²) in [5.74, 6) is -1.83. The maximum atomic E-state index is 11.6. The highest BCUT2D eigenvalue weighted by atomic mass is 16.4. The molecule has 0 radical (unpaired) electrons. The van der Waals surface area contributed by atoms with E-state index in [1.807, 2.05) is 0 Å². The number of hydrogen-bond donors (Lipinski definition) is 5. The van der Waals surface area contributed by atoms with E-state index >= 15 is 0 Å². The van der Waals surface area contributed by atoms with Gasteiger partial charge in [-0.05, 0) is 24.3 Å². The molecule has 0 saturated carbocycles. The Morgan fingerprint density at radius 3 is 2.38 bits per heavy atom. The molecule has 0 aliphatic rings. The molecule has 2 heterocycles. The molecule has 2 amide bonds. The highest BCUT2D eigenvalue weighted by molar-refractivity contribution is 5.94. The number of anilines is 1. The molecule has 5 N–H and O–H groups in total. The number of carbonyl (C=O) groups excluding carboxylic acids is 2. The number of hydrogen-bond acceptors (Lipinski definition) is 6. The number of imidazole rings is 1. The predicted octanol–water partition coefficient (Wildman–Crippen LogP) is 0.619. The topological polar surface area (TPSA) is 170 Å². The average Bonchev–Trinajstić information content (AvgIpc) is 3.27. The Kier molecular flexibility index (Phi) is 7.36. The third-order valence-electron chi connectivity index (χ3n) is 3.38. The Labute approximate surface area is 164 Å². The number of carbonyl (C=O) groups is 3. The highest BCUT2D eigenvalue weighted by Crippen LogP contribution is 2.17. The van der Waals surface area contributed by atoms with Crippen LogP contribution in [-0.4, -0.2) is 49.4 Å². The summed E-state index contributed by atoms with van der Waals surface area (Å²) in [6.07, 6.45) is 6.07. The lowest BCUT2D eigenvalue weighted by Gasteiger charge is -2.07. The van der Waals surface area contributed by atoms with Gasteiger partial charge >= 0.3 is 5.97 Å². The van der Waals surface area contributed by atoms with Gasteiger partial charge in [0.25, 0.3) is 5.56 Å². The molecule has 11 heteroatoms. The van der Waals surface area contributed by atoms with Crippen LogP contribution < -0.4 is 16.2 Å². The number of aromatic carboxylic acids is 1. The minimum Gasteiger partial charge on any atom is -0.477 e. The second kappa shape index (κ2) is 10.2. The first kappa shape index (κ1) is 21.0. The molecule has 0 unspecified atom stereocenters. The fraction of sp³-hybridized carbons (Fsp3) is 0.111. The van der Waals surface area contributed by atoms with Crippen LogP contribution in [0.2, 0.25) is 0 Å². The molecule has 1 aromatic carbocycles. The zero-order chi connectivity index (χ0) is 21.2. The molecule has 0 spiro atoms. The summed E-state index contributed by atoms with van der Waals surface area (Å²) in [4.78, 5) is 57.4. The van der Waals surface area contributed by atoms with Crippen LogP contribution in [0.25, 0.3) is 11.4 Å². The fourth-order valence-electron chi connectivity index (χ4n) is 2.03. The number of amides is 2. The van der Waals surface area contributed by atoms with Crippen molar-refractivity contribution in [2.75, 3.05) is 11.9 Å². The van der Waals surface area contributed by atoms with E-state index in [9.17, 15) is 19.2 Å². The van der Waals surface area contributed by atoms with Crippen molar-refractivity contribution in [2.45, 2.75) is 6.92 Å². The number of benzene rings is 1. The first-order chi connectivity index (χ1) is 13.9. The summed E-state index contributed by atoms with van der Waals surface area (Å²) < 4.78 is 0. The van der Waals surface area contributed by atoms with Crippen molar-refractivity contribution >= 4 is 23.5 Å². The Balaban J connectivity index is 0.000000521. The van der Waals surface area contributed by atoms with Crippen LogP contribution in [0.3, 0.4) is 0 Å². The summed E-state index contributed by atoms with van der Waals surface area (Å²) >= 11 is 0. The minimum absolute atomic E-state index is 0.136. The maximum absolute atomic E-state index is 11.6. The van der Waals surface area contributed by atoms with E-state index in [1.54, 1.807) is 43.0 Å². The second-order valence-electron chi connectivity index (χ2n) is 5.58. The molecule has 0 atom stereocenters. The van der Waals surface area contributed by atoms with Crippen LogP contribution in [0.4, 0.5) is 5.69 Å². The molecule has 11 nitrogen and oxygen atoms in total. The molecule has 29 heavy (non-hydrogen) atoms. The zero-order valence-electron chi connectivity index (χ0n) is 15.3. The first-order valence-corrected chi connectivity index (χ1v) is 8.27. The van der Waals surface area contributed by atoms with Gasteiger partial charge in [0, 0.05) is 36.8 Å². The molecule has 0 fully saturated rings. The standard InChI is InChI=1S/C15H14N4O5.C3H4N2/c1-8(20)16-7-12(21)18-10-4-2-9(3-5-10)13-17-6-11(15(23)24)14(22)19-13;1-2-5-3-4-1/h2-6H,7H2,1H3,(H,16,20)(H,18,21)(H,23,24)(H,17,19,22);1-3H,(H,4,5). The Bertz CT molecular complexity index is 1010. The third-order valence-corrected chi connectivity index (χ3v) is 3.38. The Morgan fingerprint density at radius 2 is 1.90 bits per heavy atom. The monoisotopic (exact) mass is 398 g/mol. The smallest absolute Gasteiger partial charge is 0.342 e. The number of H-pyrrole nitrogens is 2. The molecule has 0 bridgehead atoms. The number of aromatic nitrogens is 4. The minimum atomic E-state index is -1.35. The van der Waals surface area contributed by atoms with Crippen molar-refractivity contribution in [1.29, 1.82) is 0 Å². The van der Waals surface area contributed by atoms with Gasteiger partial charge < -0.3 is 25.7 Å². The van der Waals surface area contributed by atoms with Crippen molar-refractivity contribution < 1.29 is 19.5 Å². The number of carboxylic acids is 1. The molecule has 0 aliphatic carbocycles. The summed E-state index contributed by atoms with van der Waals surface area (Å²) in [6, 6.07) is 6.39. The van der Waals surface area contributed by atoms with E-state index in [4.69, 9.17) is 5.11 Å². The number of rotatable bonds is 5. The molecule has 0 saturated heterocycles. The molecular formula is C18H18N6O5. The molecule has 3 aromatic rings. The molecule has 150 valence electrons. The Morgan fingerprint density at radius 1 is 1.17 bits per heavy atom. The Hall–Kier alpha value is -4.28. The van der Waals surface area contributed by atoms with Crippen LogP contribution in [-0.2, 0) is 9.59 Å². The van der Waals surface area contributed by atoms with Crippen molar-refractivity contribution in [3.63, 3.8) is 0 Å². The van der Waals surface area contributed by atoms with Gasteiger partial charge in [0.15, 0.2) is 0 Å². The van der Waals surface area contributed by atoms with Gasteiger partial charge in [0.2, 0.25) is 11.8 Å². The number of carboxylic acid groups (broad SMARTS) is 1. The van der Waals surface area contributed by atoms with E-state index in [0.717, 1.165) is 6.20 Å². The molecular weight excluding hydrogens is 380 g/mol. The van der Waals surface area contributed by atoms with E-state index < -0.39 is 17.1 Å². The van der Waals surface area contributed by atoms with Crippen LogP contribution in [0, 0.1) is 0 Å². The predicted molar refractivity (Wildman–Crippen MR) is 103 cm³/mol. The first-order valence-electron chi connectivity index (χ1n) is 8.27. The van der Waals surface area contributed by atoms with Crippen LogP contribution in [0.15, 0.2) is 54.0 Å². The van der Waals surface area contributed by atoms with Crippen LogP contribution in [0.5, 0.6) is 0 Å². The number of aromatic amines is 2. The van der Waals surface area contributed by atoms with Gasteiger partial charge in [-0.2, -0.15) is 0 Å². The lowest BCUT2D eigenvalue weighted by atomic mass is 10.2. The lowest BCUT2D eigenvalue weighted by Crippen LogP contribution is -2.31. The van der Waals surface area contributed by atoms with Crippen molar-refractivity contribution in [3.05, 3.63) is 65.1 Å². The van der Waals surface area contributed by atoms with Gasteiger partial charge in [-0.15, -0.1) is 0 Å². The van der Waals surface area contributed by atoms with Crippen molar-refractivity contribution in [2.24, 2.45) is 0 Å². The van der Waals surface area contributed by atoms with Gasteiger partial charge in [-0.1, -0.05) is 0 Å². The maximum Gasteiger partial charge on any atom is 0.342 e. The lowest BCUT2D eigenvalue weighted by molar-refractivity contribution is -0.122. The molecule has 3 rings (SSSR count). The van der Waals surface area contributed by atoms with E-state index in [2.05, 4.69) is 30.6 Å². The summed E-state index contributed by atoms with van der Waals surface area (Å²) in [7, 11) is 0. The normalized spacial score (nSPS) is 9.69.